The third-order valence-corrected chi connectivity index (χ3v) is 2.94. The zero-order valence-electron chi connectivity index (χ0n) is 9.28. The summed E-state index contributed by atoms with van der Waals surface area (Å²) in [5, 5.41) is 21.4. The summed E-state index contributed by atoms with van der Waals surface area (Å²) < 4.78 is 6.59. The molecule has 0 aliphatic carbocycles. The number of tetrazole rings is 1. The second-order valence-electron chi connectivity index (χ2n) is 3.23. The maximum Gasteiger partial charge on any atom is 0.214 e. The molecular weight excluding hydrogens is 240 g/mol. The van der Waals surface area contributed by atoms with E-state index in [-0.39, 0.29) is 5.75 Å². The van der Waals surface area contributed by atoms with Gasteiger partial charge < -0.3 is 9.84 Å². The predicted molar refractivity (Wildman–Crippen MR) is 63.4 cm³/mol. The third kappa shape index (κ3) is 2.95. The van der Waals surface area contributed by atoms with Crippen LogP contribution in [0, 0.1) is 0 Å². The fraction of sp³-hybridized carbons (Fsp3) is 0.300. The van der Waals surface area contributed by atoms with Crippen LogP contribution in [0.25, 0.3) is 5.69 Å². The zero-order chi connectivity index (χ0) is 12.1. The van der Waals surface area contributed by atoms with Gasteiger partial charge in [-0.3, -0.25) is 0 Å². The molecule has 0 aliphatic heterocycles. The minimum atomic E-state index is 0.218. The second-order valence-corrected chi connectivity index (χ2v) is 4.29. The smallest absolute Gasteiger partial charge is 0.214 e. The van der Waals surface area contributed by atoms with Crippen LogP contribution in [0.4, 0.5) is 0 Å². The van der Waals surface area contributed by atoms with E-state index < -0.39 is 0 Å². The first-order valence-corrected chi connectivity index (χ1v) is 5.99. The Hall–Kier alpha value is -1.60. The Kier molecular flexibility index (Phi) is 3.94. The van der Waals surface area contributed by atoms with Crippen molar-refractivity contribution >= 4 is 11.8 Å². The SMILES string of the molecule is COCCSc1nnnn1-c1ccc(O)cc1. The molecule has 1 aromatic carbocycles. The molecule has 17 heavy (non-hydrogen) atoms. The summed E-state index contributed by atoms with van der Waals surface area (Å²) in [4.78, 5) is 0. The highest BCUT2D eigenvalue weighted by Crippen LogP contribution is 2.19. The van der Waals surface area contributed by atoms with Crippen LogP contribution in [0.5, 0.6) is 5.75 Å². The number of phenolic OH excluding ortho intramolecular Hbond substituents is 1. The molecule has 0 unspecified atom stereocenters. The molecule has 0 amide bonds. The van der Waals surface area contributed by atoms with Crippen LogP contribution in [0.3, 0.4) is 0 Å². The molecule has 6 nitrogen and oxygen atoms in total. The first-order chi connectivity index (χ1) is 8.31. The molecule has 1 heterocycles. The summed E-state index contributed by atoms with van der Waals surface area (Å²) in [6, 6.07) is 6.71. The van der Waals surface area contributed by atoms with E-state index >= 15 is 0 Å². The van der Waals surface area contributed by atoms with Crippen LogP contribution in [-0.4, -0.2) is 44.8 Å². The van der Waals surface area contributed by atoms with E-state index in [1.54, 1.807) is 36.1 Å². The van der Waals surface area contributed by atoms with E-state index in [1.807, 2.05) is 0 Å². The number of aromatic nitrogens is 4. The number of rotatable bonds is 5. The number of aromatic hydroxyl groups is 1. The van der Waals surface area contributed by atoms with Crippen molar-refractivity contribution in [2.24, 2.45) is 0 Å². The number of thioether (sulfide) groups is 1. The average molecular weight is 252 g/mol. The summed E-state index contributed by atoms with van der Waals surface area (Å²) in [7, 11) is 1.66. The van der Waals surface area contributed by atoms with Crippen LogP contribution in [0.15, 0.2) is 29.4 Å². The number of hydrogen-bond acceptors (Lipinski definition) is 6. The number of ether oxygens (including phenoxy) is 1. The zero-order valence-corrected chi connectivity index (χ0v) is 10.1. The lowest BCUT2D eigenvalue weighted by Crippen LogP contribution is -2.00. The molecule has 2 aromatic rings. The van der Waals surface area contributed by atoms with Crippen molar-refractivity contribution in [3.8, 4) is 11.4 Å². The number of methoxy groups -OCH3 is 1. The van der Waals surface area contributed by atoms with Gasteiger partial charge in [-0.25, -0.2) is 0 Å². The molecule has 0 saturated carbocycles. The fourth-order valence-corrected chi connectivity index (χ4v) is 2.03. The van der Waals surface area contributed by atoms with Crippen LogP contribution >= 0.6 is 11.8 Å². The van der Waals surface area contributed by atoms with Crippen molar-refractivity contribution in [1.29, 1.82) is 0 Å². The number of phenols is 1. The van der Waals surface area contributed by atoms with Crippen molar-refractivity contribution in [3.63, 3.8) is 0 Å². The quantitative estimate of drug-likeness (QED) is 0.634. The summed E-state index contributed by atoms with van der Waals surface area (Å²) in [5.74, 6) is 1.00. The molecule has 2 rings (SSSR count). The van der Waals surface area contributed by atoms with Gasteiger partial charge in [-0.15, -0.1) is 5.10 Å². The van der Waals surface area contributed by atoms with Crippen LogP contribution in [0.1, 0.15) is 0 Å². The largest absolute Gasteiger partial charge is 0.508 e. The molecule has 1 N–H and O–H groups in total. The molecule has 7 heteroatoms. The van der Waals surface area contributed by atoms with E-state index in [1.165, 1.54) is 11.8 Å². The molecule has 0 saturated heterocycles. The number of benzene rings is 1. The Labute approximate surface area is 103 Å². The second kappa shape index (κ2) is 5.65. The van der Waals surface area contributed by atoms with E-state index in [0.29, 0.717) is 11.8 Å². The minimum absolute atomic E-state index is 0.218. The van der Waals surface area contributed by atoms with Gasteiger partial charge in [-0.2, -0.15) is 4.68 Å². The summed E-state index contributed by atoms with van der Waals surface area (Å²) in [5.41, 5.74) is 0.813. The van der Waals surface area contributed by atoms with Crippen LogP contribution < -0.4 is 0 Å². The van der Waals surface area contributed by atoms with Gasteiger partial charge in [0.15, 0.2) is 0 Å². The van der Waals surface area contributed by atoms with Gasteiger partial charge in [0.2, 0.25) is 5.16 Å². The van der Waals surface area contributed by atoms with Crippen LogP contribution in [0.2, 0.25) is 0 Å². The molecule has 0 fully saturated rings. The Morgan fingerprint density at radius 1 is 1.35 bits per heavy atom. The lowest BCUT2D eigenvalue weighted by molar-refractivity contribution is 0.218. The summed E-state index contributed by atoms with van der Waals surface area (Å²) >= 11 is 1.52. The third-order valence-electron chi connectivity index (χ3n) is 2.05. The lowest BCUT2D eigenvalue weighted by atomic mass is 10.3. The van der Waals surface area contributed by atoms with Gasteiger partial charge in [0, 0.05) is 12.9 Å². The molecule has 90 valence electrons. The van der Waals surface area contributed by atoms with Crippen molar-refractivity contribution in [2.75, 3.05) is 19.5 Å². The van der Waals surface area contributed by atoms with Crippen molar-refractivity contribution in [3.05, 3.63) is 24.3 Å². The monoisotopic (exact) mass is 252 g/mol. The number of hydrogen-bond donors (Lipinski definition) is 1. The van der Waals surface area contributed by atoms with Crippen molar-refractivity contribution in [2.45, 2.75) is 5.16 Å². The maximum absolute atomic E-state index is 9.21. The standard InChI is InChI=1S/C10H12N4O2S/c1-16-6-7-17-10-11-12-13-14(10)8-2-4-9(15)5-3-8/h2-5,15H,6-7H2,1H3. The highest BCUT2D eigenvalue weighted by atomic mass is 32.2. The van der Waals surface area contributed by atoms with Gasteiger partial charge in [0.25, 0.3) is 0 Å². The Morgan fingerprint density at radius 3 is 2.82 bits per heavy atom. The van der Waals surface area contributed by atoms with Gasteiger partial charge >= 0.3 is 0 Å². The topological polar surface area (TPSA) is 73.1 Å². The minimum Gasteiger partial charge on any atom is -0.508 e. The van der Waals surface area contributed by atoms with E-state index in [2.05, 4.69) is 15.5 Å². The van der Waals surface area contributed by atoms with E-state index in [4.69, 9.17) is 4.74 Å². The highest BCUT2D eigenvalue weighted by Gasteiger charge is 2.08. The predicted octanol–water partition coefficient (Wildman–Crippen LogP) is 1.11. The first-order valence-electron chi connectivity index (χ1n) is 5.01. The number of nitrogens with zero attached hydrogens (tertiary/aromatic N) is 4. The maximum atomic E-state index is 9.21. The van der Waals surface area contributed by atoms with Crippen molar-refractivity contribution < 1.29 is 9.84 Å². The molecule has 0 aliphatic rings. The van der Waals surface area contributed by atoms with Gasteiger partial charge in [-0.1, -0.05) is 11.8 Å². The van der Waals surface area contributed by atoms with Crippen LogP contribution in [-0.2, 0) is 4.74 Å². The first kappa shape index (κ1) is 11.9. The summed E-state index contributed by atoms with van der Waals surface area (Å²) in [6.45, 7) is 0.646. The normalized spacial score (nSPS) is 10.6. The van der Waals surface area contributed by atoms with E-state index in [0.717, 1.165) is 11.4 Å². The average Bonchev–Trinajstić information content (AvgIpc) is 2.79. The molecule has 0 bridgehead atoms. The highest BCUT2D eigenvalue weighted by molar-refractivity contribution is 7.99. The molecule has 0 spiro atoms. The lowest BCUT2D eigenvalue weighted by Gasteiger charge is -2.03. The Bertz CT molecular complexity index is 471. The summed E-state index contributed by atoms with van der Waals surface area (Å²) in [6.07, 6.45) is 0. The molecule has 0 atom stereocenters. The Balaban J connectivity index is 2.15. The van der Waals surface area contributed by atoms with Crippen molar-refractivity contribution in [1.82, 2.24) is 20.2 Å². The fourth-order valence-electron chi connectivity index (χ4n) is 1.24. The molecule has 1 aromatic heterocycles. The van der Waals surface area contributed by atoms with Gasteiger partial charge in [-0.05, 0) is 34.7 Å². The van der Waals surface area contributed by atoms with Gasteiger partial charge in [0.05, 0.1) is 12.3 Å². The Morgan fingerprint density at radius 2 is 2.12 bits per heavy atom. The van der Waals surface area contributed by atoms with Gasteiger partial charge in [0.1, 0.15) is 5.75 Å². The molecule has 0 radical (unpaired) electrons. The van der Waals surface area contributed by atoms with E-state index in [9.17, 15) is 5.11 Å². The molecular formula is C10H12N4O2S.